The topological polar surface area (TPSA) is 78.6 Å². The molecule has 0 bridgehead atoms. The number of nitrogens with one attached hydrogen (secondary N) is 1. The van der Waals surface area contributed by atoms with Crippen molar-refractivity contribution in [3.8, 4) is 0 Å². The molecule has 7 nitrogen and oxygen atoms in total. The van der Waals surface area contributed by atoms with Crippen LogP contribution in [0.5, 0.6) is 0 Å². The molecule has 0 aliphatic carbocycles. The Labute approximate surface area is 124 Å². The van der Waals surface area contributed by atoms with Crippen LogP contribution in [0.4, 0.5) is 0 Å². The van der Waals surface area contributed by atoms with E-state index in [0.29, 0.717) is 44.6 Å². The fraction of sp³-hybridized carbons (Fsp3) is 0.857. The molecule has 0 saturated carbocycles. The third kappa shape index (κ3) is 3.42. The van der Waals surface area contributed by atoms with Crippen LogP contribution in [0, 0.1) is 0 Å². The van der Waals surface area contributed by atoms with Crippen molar-refractivity contribution in [2.24, 2.45) is 0 Å². The Morgan fingerprint density at radius 1 is 1.29 bits per heavy atom. The minimum Gasteiger partial charge on any atom is -0.381 e. The maximum atomic E-state index is 5.95. The van der Waals surface area contributed by atoms with E-state index in [-0.39, 0.29) is 6.04 Å². The van der Waals surface area contributed by atoms with Crippen molar-refractivity contribution in [3.63, 3.8) is 0 Å². The van der Waals surface area contributed by atoms with E-state index < -0.39 is 5.60 Å². The second kappa shape index (κ2) is 6.83. The normalized spacial score (nSPS) is 25.9. The molecule has 1 aromatic heterocycles. The average Bonchev–Trinajstić information content (AvgIpc) is 2.99. The van der Waals surface area contributed by atoms with E-state index in [1.54, 1.807) is 0 Å². The van der Waals surface area contributed by atoms with Crippen molar-refractivity contribution in [1.29, 1.82) is 0 Å². The van der Waals surface area contributed by atoms with Crippen molar-refractivity contribution in [2.75, 3.05) is 39.6 Å². The highest BCUT2D eigenvalue weighted by atomic mass is 16.5. The summed E-state index contributed by atoms with van der Waals surface area (Å²) in [6, 6.07) is 0.241. The Morgan fingerprint density at radius 3 is 2.86 bits per heavy atom. The third-order valence-electron chi connectivity index (χ3n) is 4.02. The molecular formula is C14H23N3O4. The molecule has 7 heteroatoms. The molecule has 118 valence electrons. The molecule has 0 aromatic carbocycles. The fourth-order valence-electron chi connectivity index (χ4n) is 2.89. The lowest BCUT2D eigenvalue weighted by atomic mass is 9.93. The Balaban J connectivity index is 1.69. The van der Waals surface area contributed by atoms with Gasteiger partial charge in [-0.25, -0.2) is 0 Å². The molecule has 1 unspecified atom stereocenters. The summed E-state index contributed by atoms with van der Waals surface area (Å²) in [5.41, 5.74) is -0.453. The van der Waals surface area contributed by atoms with Crippen LogP contribution in [0.1, 0.15) is 31.5 Å². The van der Waals surface area contributed by atoms with E-state index in [4.69, 9.17) is 18.7 Å². The molecule has 1 atom stereocenters. The van der Waals surface area contributed by atoms with Gasteiger partial charge >= 0.3 is 0 Å². The molecule has 1 N–H and O–H groups in total. The smallest absolute Gasteiger partial charge is 0.228 e. The SMILES string of the molecule is CCOC1(c2noc(CC3COCCN3)n2)CCOCC1. The lowest BCUT2D eigenvalue weighted by Crippen LogP contribution is -2.42. The molecule has 3 rings (SSSR count). The van der Waals surface area contributed by atoms with Gasteiger partial charge in [-0.2, -0.15) is 4.98 Å². The van der Waals surface area contributed by atoms with Crippen LogP contribution in [-0.4, -0.2) is 55.8 Å². The molecule has 2 aliphatic rings. The molecule has 1 aromatic rings. The number of nitrogens with zero attached hydrogens (tertiary/aromatic N) is 2. The molecule has 2 saturated heterocycles. The number of aromatic nitrogens is 2. The van der Waals surface area contributed by atoms with Gasteiger partial charge in [0.15, 0.2) is 0 Å². The second-order valence-electron chi connectivity index (χ2n) is 5.48. The highest BCUT2D eigenvalue weighted by molar-refractivity contribution is 5.04. The highest BCUT2D eigenvalue weighted by Gasteiger charge is 2.40. The summed E-state index contributed by atoms with van der Waals surface area (Å²) in [7, 11) is 0. The first-order valence-electron chi connectivity index (χ1n) is 7.68. The zero-order valence-corrected chi connectivity index (χ0v) is 12.5. The first-order valence-corrected chi connectivity index (χ1v) is 7.68. The fourth-order valence-corrected chi connectivity index (χ4v) is 2.89. The van der Waals surface area contributed by atoms with Gasteiger partial charge in [0.05, 0.1) is 13.2 Å². The molecule has 0 radical (unpaired) electrons. The minimum absolute atomic E-state index is 0.241. The summed E-state index contributed by atoms with van der Waals surface area (Å²) in [5, 5.41) is 7.55. The average molecular weight is 297 g/mol. The first kappa shape index (κ1) is 14.9. The van der Waals surface area contributed by atoms with Crippen LogP contribution in [0.15, 0.2) is 4.52 Å². The first-order chi connectivity index (χ1) is 10.3. The van der Waals surface area contributed by atoms with Crippen LogP contribution in [-0.2, 0) is 26.2 Å². The van der Waals surface area contributed by atoms with Gasteiger partial charge in [-0.15, -0.1) is 0 Å². The Hall–Kier alpha value is -1.02. The quantitative estimate of drug-likeness (QED) is 0.854. The summed E-state index contributed by atoms with van der Waals surface area (Å²) in [5.74, 6) is 1.29. The van der Waals surface area contributed by atoms with Crippen molar-refractivity contribution < 1.29 is 18.7 Å². The summed E-state index contributed by atoms with van der Waals surface area (Å²) in [4.78, 5) is 4.56. The maximum Gasteiger partial charge on any atom is 0.228 e. The van der Waals surface area contributed by atoms with Gasteiger partial charge in [-0.05, 0) is 6.92 Å². The summed E-state index contributed by atoms with van der Waals surface area (Å²) in [6.45, 7) is 6.26. The number of hydrogen-bond donors (Lipinski definition) is 1. The van der Waals surface area contributed by atoms with Crippen molar-refractivity contribution in [1.82, 2.24) is 15.5 Å². The Morgan fingerprint density at radius 2 is 2.14 bits per heavy atom. The predicted molar refractivity (Wildman–Crippen MR) is 74.0 cm³/mol. The lowest BCUT2D eigenvalue weighted by Gasteiger charge is -2.33. The highest BCUT2D eigenvalue weighted by Crippen LogP contribution is 2.34. The molecular weight excluding hydrogens is 274 g/mol. The van der Waals surface area contributed by atoms with Crippen molar-refractivity contribution >= 4 is 0 Å². The standard InChI is InChI=1S/C14H23N3O4/c1-2-20-14(3-6-18-7-4-14)13-16-12(21-17-13)9-11-10-19-8-5-15-11/h11,15H,2-10H2,1H3. The third-order valence-corrected chi connectivity index (χ3v) is 4.02. The van der Waals surface area contributed by atoms with Crippen LogP contribution >= 0.6 is 0 Å². The zero-order chi connectivity index (χ0) is 14.5. The molecule has 0 spiro atoms. The van der Waals surface area contributed by atoms with E-state index in [1.807, 2.05) is 6.92 Å². The van der Waals surface area contributed by atoms with Gasteiger partial charge < -0.3 is 24.1 Å². The van der Waals surface area contributed by atoms with Gasteiger partial charge in [0.2, 0.25) is 11.7 Å². The largest absolute Gasteiger partial charge is 0.381 e. The summed E-state index contributed by atoms with van der Waals surface area (Å²) in [6.07, 6.45) is 2.22. The minimum atomic E-state index is -0.453. The summed E-state index contributed by atoms with van der Waals surface area (Å²) >= 11 is 0. The lowest BCUT2D eigenvalue weighted by molar-refractivity contribution is -0.118. The van der Waals surface area contributed by atoms with Gasteiger partial charge in [-0.1, -0.05) is 5.16 Å². The zero-order valence-electron chi connectivity index (χ0n) is 12.5. The molecule has 21 heavy (non-hydrogen) atoms. The number of rotatable bonds is 5. The van der Waals surface area contributed by atoms with Gasteiger partial charge in [0, 0.05) is 51.7 Å². The Bertz CT molecular complexity index is 434. The second-order valence-corrected chi connectivity index (χ2v) is 5.48. The van der Waals surface area contributed by atoms with Crippen molar-refractivity contribution in [3.05, 3.63) is 11.7 Å². The maximum absolute atomic E-state index is 5.95. The Kier molecular flexibility index (Phi) is 4.84. The van der Waals surface area contributed by atoms with E-state index in [2.05, 4.69) is 15.5 Å². The van der Waals surface area contributed by atoms with Gasteiger partial charge in [0.1, 0.15) is 5.60 Å². The van der Waals surface area contributed by atoms with Gasteiger partial charge in [-0.3, -0.25) is 0 Å². The van der Waals surface area contributed by atoms with E-state index in [0.717, 1.165) is 26.0 Å². The van der Waals surface area contributed by atoms with Crippen LogP contribution in [0.3, 0.4) is 0 Å². The van der Waals surface area contributed by atoms with Gasteiger partial charge in [0.25, 0.3) is 0 Å². The molecule has 3 heterocycles. The monoisotopic (exact) mass is 297 g/mol. The predicted octanol–water partition coefficient (Wildman–Crippen LogP) is 0.643. The van der Waals surface area contributed by atoms with Crippen LogP contribution in [0.25, 0.3) is 0 Å². The molecule has 2 aliphatic heterocycles. The van der Waals surface area contributed by atoms with E-state index in [1.165, 1.54) is 0 Å². The molecule has 0 amide bonds. The van der Waals surface area contributed by atoms with E-state index >= 15 is 0 Å². The van der Waals surface area contributed by atoms with E-state index in [9.17, 15) is 0 Å². The number of ether oxygens (including phenoxy) is 3. The summed E-state index contributed by atoms with van der Waals surface area (Å²) < 4.78 is 22.2. The van der Waals surface area contributed by atoms with Crippen LogP contribution in [0.2, 0.25) is 0 Å². The van der Waals surface area contributed by atoms with Crippen molar-refractivity contribution in [2.45, 2.75) is 37.8 Å². The number of morpholine rings is 1. The van der Waals surface area contributed by atoms with Crippen LogP contribution < -0.4 is 5.32 Å². The number of hydrogen-bond acceptors (Lipinski definition) is 7. The molecule has 2 fully saturated rings.